The summed E-state index contributed by atoms with van der Waals surface area (Å²) in [4.78, 5) is 0. The standard InChI is InChI=1S/C27H45NO2/c1-17(2)8-6-9-18(3)22-13-14-23-20(10-7-15-27(22,23)5)11-12-21-16-24(29)25(28)26(30)19(21)4/h11-12,17-18,22-26,29-30H,4,6-10,13-16,28H2,1-3,5H3/b20-11?,21-12-/t18-,22-,23?,24-,25+,26+,27-/m1/s1. The van der Waals surface area contributed by atoms with Gasteiger partial charge in [0.2, 0.25) is 0 Å². The Labute approximate surface area is 184 Å². The molecule has 1 unspecified atom stereocenters. The molecule has 0 aromatic heterocycles. The molecule has 0 saturated heterocycles. The highest BCUT2D eigenvalue weighted by Gasteiger charge is 2.50. The van der Waals surface area contributed by atoms with Crippen LogP contribution in [0.1, 0.15) is 85.5 Å². The zero-order chi connectivity index (χ0) is 22.1. The Bertz CT molecular complexity index is 678. The van der Waals surface area contributed by atoms with Crippen molar-refractivity contribution in [1.29, 1.82) is 0 Å². The van der Waals surface area contributed by atoms with Gasteiger partial charge in [-0.25, -0.2) is 0 Å². The summed E-state index contributed by atoms with van der Waals surface area (Å²) in [6.45, 7) is 13.8. The smallest absolute Gasteiger partial charge is 0.0963 e. The number of hydrogen-bond donors (Lipinski definition) is 3. The molecule has 0 radical (unpaired) electrons. The quantitative estimate of drug-likeness (QED) is 0.534. The number of fused-ring (bicyclic) bond motifs is 1. The van der Waals surface area contributed by atoms with Crippen LogP contribution in [0.3, 0.4) is 0 Å². The maximum absolute atomic E-state index is 10.3. The lowest BCUT2D eigenvalue weighted by Crippen LogP contribution is -2.49. The summed E-state index contributed by atoms with van der Waals surface area (Å²) in [5, 5.41) is 20.4. The van der Waals surface area contributed by atoms with Crippen LogP contribution in [0.15, 0.2) is 35.5 Å². The largest absolute Gasteiger partial charge is 0.391 e. The highest BCUT2D eigenvalue weighted by atomic mass is 16.3. The second-order valence-corrected chi connectivity index (χ2v) is 11.2. The predicted molar refractivity (Wildman–Crippen MR) is 126 cm³/mol. The van der Waals surface area contributed by atoms with Gasteiger partial charge in [-0.05, 0) is 72.3 Å². The minimum Gasteiger partial charge on any atom is -0.391 e. The lowest BCUT2D eigenvalue weighted by molar-refractivity contribution is 0.0614. The number of aliphatic hydroxyl groups excluding tert-OH is 2. The van der Waals surface area contributed by atoms with Crippen LogP contribution < -0.4 is 5.73 Å². The second kappa shape index (κ2) is 9.71. The third-order valence-electron chi connectivity index (χ3n) is 8.67. The average Bonchev–Trinajstić information content (AvgIpc) is 3.05. The minimum atomic E-state index is -0.849. The van der Waals surface area contributed by atoms with Gasteiger partial charge in [0.25, 0.3) is 0 Å². The lowest BCUT2D eigenvalue weighted by atomic mass is 9.60. The van der Waals surface area contributed by atoms with E-state index in [0.717, 1.165) is 23.3 Å². The summed E-state index contributed by atoms with van der Waals surface area (Å²) in [6, 6.07) is -0.631. The van der Waals surface area contributed by atoms with Crippen LogP contribution in [0, 0.1) is 29.1 Å². The van der Waals surface area contributed by atoms with Crippen LogP contribution in [-0.4, -0.2) is 28.5 Å². The van der Waals surface area contributed by atoms with Gasteiger partial charge in [-0.3, -0.25) is 0 Å². The van der Waals surface area contributed by atoms with E-state index in [1.54, 1.807) is 5.57 Å². The maximum Gasteiger partial charge on any atom is 0.0963 e. The van der Waals surface area contributed by atoms with Crippen molar-refractivity contribution >= 4 is 0 Å². The van der Waals surface area contributed by atoms with Crippen molar-refractivity contribution in [2.24, 2.45) is 34.8 Å². The second-order valence-electron chi connectivity index (χ2n) is 11.2. The highest BCUT2D eigenvalue weighted by molar-refractivity contribution is 5.40. The molecule has 0 aromatic rings. The van der Waals surface area contributed by atoms with Gasteiger partial charge in [0.1, 0.15) is 0 Å². The first-order valence-corrected chi connectivity index (χ1v) is 12.4. The van der Waals surface area contributed by atoms with Gasteiger partial charge in [0, 0.05) is 6.42 Å². The Kier molecular flexibility index (Phi) is 7.69. The summed E-state index contributed by atoms with van der Waals surface area (Å²) in [6.07, 6.45) is 13.9. The van der Waals surface area contributed by atoms with Crippen LogP contribution >= 0.6 is 0 Å². The van der Waals surface area contributed by atoms with Crippen LogP contribution in [0.5, 0.6) is 0 Å². The Morgan fingerprint density at radius 3 is 2.60 bits per heavy atom. The third-order valence-corrected chi connectivity index (χ3v) is 8.67. The molecule has 3 aliphatic carbocycles. The highest BCUT2D eigenvalue weighted by Crippen LogP contribution is 2.59. The predicted octanol–water partition coefficient (Wildman–Crippen LogP) is 5.53. The number of aliphatic hydroxyl groups is 2. The Balaban J connectivity index is 1.72. The first-order chi connectivity index (χ1) is 14.1. The fraction of sp³-hybridized carbons (Fsp3) is 0.778. The molecule has 0 aliphatic heterocycles. The fourth-order valence-corrected chi connectivity index (χ4v) is 6.77. The SMILES string of the molecule is C=C1/C(=C\C=C2CCC[C@@]3(C)C2CC[C@@H]3[C@H](C)CCCC(C)C)C[C@@H](O)[C@H](N)[C@H]1O. The van der Waals surface area contributed by atoms with E-state index in [0.29, 0.717) is 23.3 Å². The van der Waals surface area contributed by atoms with E-state index in [1.165, 1.54) is 51.4 Å². The van der Waals surface area contributed by atoms with Crippen molar-refractivity contribution in [3.8, 4) is 0 Å². The van der Waals surface area contributed by atoms with E-state index in [-0.39, 0.29) is 0 Å². The zero-order valence-corrected chi connectivity index (χ0v) is 19.7. The van der Waals surface area contributed by atoms with Crippen molar-refractivity contribution in [2.75, 3.05) is 0 Å². The summed E-state index contributed by atoms with van der Waals surface area (Å²) in [5.41, 5.74) is 9.51. The van der Waals surface area contributed by atoms with Gasteiger partial charge in [0.15, 0.2) is 0 Å². The lowest BCUT2D eigenvalue weighted by Gasteiger charge is -2.44. The molecule has 4 N–H and O–H groups in total. The molecule has 3 nitrogen and oxygen atoms in total. The van der Waals surface area contributed by atoms with Crippen LogP contribution in [0.4, 0.5) is 0 Å². The topological polar surface area (TPSA) is 66.5 Å². The van der Waals surface area contributed by atoms with E-state index in [2.05, 4.69) is 46.4 Å². The van der Waals surface area contributed by atoms with Gasteiger partial charge in [0.05, 0.1) is 18.2 Å². The van der Waals surface area contributed by atoms with Gasteiger partial charge < -0.3 is 15.9 Å². The van der Waals surface area contributed by atoms with Crippen molar-refractivity contribution in [3.05, 3.63) is 35.5 Å². The van der Waals surface area contributed by atoms with Gasteiger partial charge in [-0.1, -0.05) is 71.3 Å². The monoisotopic (exact) mass is 415 g/mol. The maximum atomic E-state index is 10.3. The Morgan fingerprint density at radius 1 is 1.17 bits per heavy atom. The van der Waals surface area contributed by atoms with E-state index < -0.39 is 18.2 Å². The fourth-order valence-electron chi connectivity index (χ4n) is 6.77. The first kappa shape index (κ1) is 23.8. The summed E-state index contributed by atoms with van der Waals surface area (Å²) in [5.74, 6) is 3.12. The van der Waals surface area contributed by atoms with Crippen LogP contribution in [0.25, 0.3) is 0 Å². The van der Waals surface area contributed by atoms with E-state index >= 15 is 0 Å². The molecule has 30 heavy (non-hydrogen) atoms. The van der Waals surface area contributed by atoms with Crippen molar-refractivity contribution < 1.29 is 10.2 Å². The number of nitrogens with two attached hydrogens (primary N) is 1. The minimum absolute atomic E-state index is 0.421. The molecular formula is C27H45NO2. The first-order valence-electron chi connectivity index (χ1n) is 12.4. The van der Waals surface area contributed by atoms with Crippen molar-refractivity contribution in [2.45, 2.75) is 104 Å². The molecule has 0 heterocycles. The van der Waals surface area contributed by atoms with E-state index in [4.69, 9.17) is 5.73 Å². The van der Waals surface area contributed by atoms with Crippen molar-refractivity contribution in [1.82, 2.24) is 0 Å². The molecule has 3 saturated carbocycles. The molecule has 0 aromatic carbocycles. The number of rotatable bonds is 6. The molecule has 0 amide bonds. The van der Waals surface area contributed by atoms with E-state index in [9.17, 15) is 10.2 Å². The molecule has 3 fully saturated rings. The average molecular weight is 416 g/mol. The molecule has 170 valence electrons. The molecule has 3 rings (SSSR count). The van der Waals surface area contributed by atoms with Crippen LogP contribution in [0.2, 0.25) is 0 Å². The Morgan fingerprint density at radius 2 is 1.90 bits per heavy atom. The number of allylic oxidation sites excluding steroid dienone is 3. The normalized spacial score (nSPS) is 40.9. The molecule has 0 bridgehead atoms. The molecular weight excluding hydrogens is 370 g/mol. The van der Waals surface area contributed by atoms with Gasteiger partial charge >= 0.3 is 0 Å². The van der Waals surface area contributed by atoms with Gasteiger partial charge in [-0.2, -0.15) is 0 Å². The van der Waals surface area contributed by atoms with Crippen LogP contribution in [-0.2, 0) is 0 Å². The molecule has 3 heteroatoms. The summed E-state index contributed by atoms with van der Waals surface area (Å²) in [7, 11) is 0. The van der Waals surface area contributed by atoms with Crippen molar-refractivity contribution in [3.63, 3.8) is 0 Å². The summed E-state index contributed by atoms with van der Waals surface area (Å²) < 4.78 is 0. The molecule has 0 spiro atoms. The molecule has 3 aliphatic rings. The summed E-state index contributed by atoms with van der Waals surface area (Å²) >= 11 is 0. The van der Waals surface area contributed by atoms with Gasteiger partial charge in [-0.15, -0.1) is 0 Å². The number of hydrogen-bond acceptors (Lipinski definition) is 3. The molecule has 7 atom stereocenters. The third kappa shape index (κ3) is 4.79. The Hall–Kier alpha value is -0.900. The van der Waals surface area contributed by atoms with E-state index in [1.807, 2.05) is 0 Å². The zero-order valence-electron chi connectivity index (χ0n) is 19.7.